The molecule has 3 aliphatic rings. The van der Waals surface area contributed by atoms with Gasteiger partial charge >= 0.3 is 24.3 Å². The summed E-state index contributed by atoms with van der Waals surface area (Å²) < 4.78 is 77.2. The number of pyridine rings is 1. The highest BCUT2D eigenvalue weighted by Gasteiger charge is 2.45. The number of carbonyl (C=O) groups excluding carboxylic acids is 1. The molecule has 2 N–H and O–H groups in total. The van der Waals surface area contributed by atoms with Crippen molar-refractivity contribution >= 4 is 17.8 Å². The Hall–Kier alpha value is -2.97. The Morgan fingerprint density at radius 2 is 1.43 bits per heavy atom. The van der Waals surface area contributed by atoms with Crippen LogP contribution in [0.2, 0.25) is 0 Å². The topological polar surface area (TPSA) is 111 Å². The standard InChI is InChI=1S/C16H20FN3O.2C2HF3O2/c17-13-9-18-6-3-12(13)16(21)20-8-5-14-15(20)4-7-19(14)10-11-1-2-11;2*3-2(4,5)1(6)7/h3,6,9,11,14-15H,1-2,4-5,7-8,10H2;2*(H,6,7)/t14-,15+;;/m0../s1. The third kappa shape index (κ3) is 8.04. The van der Waals surface area contributed by atoms with Gasteiger partial charge in [0.25, 0.3) is 5.91 Å². The number of halogens is 7. The van der Waals surface area contributed by atoms with E-state index in [0.717, 1.165) is 38.0 Å². The van der Waals surface area contributed by atoms with E-state index >= 15 is 0 Å². The number of aliphatic carboxylic acids is 2. The lowest BCUT2D eigenvalue weighted by Gasteiger charge is -2.25. The van der Waals surface area contributed by atoms with E-state index in [1.165, 1.54) is 31.6 Å². The predicted octanol–water partition coefficient (Wildman–Crippen LogP) is 3.19. The maximum atomic E-state index is 13.8. The van der Waals surface area contributed by atoms with Crippen molar-refractivity contribution in [2.75, 3.05) is 19.6 Å². The monoisotopic (exact) mass is 517 g/mol. The van der Waals surface area contributed by atoms with Crippen LogP contribution in [-0.4, -0.2) is 86.9 Å². The molecule has 0 unspecified atom stereocenters. The van der Waals surface area contributed by atoms with Crippen LogP contribution in [0.15, 0.2) is 18.5 Å². The summed E-state index contributed by atoms with van der Waals surface area (Å²) in [4.78, 5) is 38.5. The molecule has 2 saturated heterocycles. The molecule has 8 nitrogen and oxygen atoms in total. The first kappa shape index (κ1) is 28.3. The molecule has 4 rings (SSSR count). The number of nitrogens with zero attached hydrogens (tertiary/aromatic N) is 3. The van der Waals surface area contributed by atoms with Gasteiger partial charge in [0.05, 0.1) is 11.8 Å². The molecule has 1 aromatic rings. The molecule has 3 fully saturated rings. The first-order valence-electron chi connectivity index (χ1n) is 10.4. The van der Waals surface area contributed by atoms with Crippen molar-refractivity contribution in [2.24, 2.45) is 5.92 Å². The van der Waals surface area contributed by atoms with Gasteiger partial charge in [0.15, 0.2) is 5.82 Å². The molecule has 35 heavy (non-hydrogen) atoms. The summed E-state index contributed by atoms with van der Waals surface area (Å²) in [5, 5.41) is 14.2. The minimum absolute atomic E-state index is 0.159. The zero-order valence-corrected chi connectivity index (χ0v) is 18.0. The molecule has 0 radical (unpaired) electrons. The van der Waals surface area contributed by atoms with Crippen molar-refractivity contribution < 1.29 is 55.3 Å². The number of rotatable bonds is 3. The molecule has 1 amide bonds. The Bertz CT molecular complexity index is 897. The number of carbonyl (C=O) groups is 3. The van der Waals surface area contributed by atoms with Gasteiger partial charge < -0.3 is 15.1 Å². The summed E-state index contributed by atoms with van der Waals surface area (Å²) in [7, 11) is 0. The Labute approximate surface area is 194 Å². The van der Waals surface area contributed by atoms with E-state index in [0.29, 0.717) is 6.04 Å². The Morgan fingerprint density at radius 3 is 1.89 bits per heavy atom. The van der Waals surface area contributed by atoms with Crippen molar-refractivity contribution in [3.8, 4) is 0 Å². The van der Waals surface area contributed by atoms with Crippen LogP contribution < -0.4 is 0 Å². The number of hydrogen-bond acceptors (Lipinski definition) is 5. The van der Waals surface area contributed by atoms with Gasteiger partial charge in [-0.05, 0) is 37.7 Å². The summed E-state index contributed by atoms with van der Waals surface area (Å²) in [5.74, 6) is -5.32. The summed E-state index contributed by atoms with van der Waals surface area (Å²) in [5.41, 5.74) is 0.159. The van der Waals surface area contributed by atoms with Crippen molar-refractivity contribution in [1.29, 1.82) is 0 Å². The normalized spacial score (nSPS) is 21.9. The summed E-state index contributed by atoms with van der Waals surface area (Å²) in [6.45, 7) is 3.01. The van der Waals surface area contributed by atoms with Crippen molar-refractivity contribution in [1.82, 2.24) is 14.8 Å². The van der Waals surface area contributed by atoms with Crippen LogP contribution in [-0.2, 0) is 9.59 Å². The van der Waals surface area contributed by atoms with Crippen LogP contribution in [0.5, 0.6) is 0 Å². The Morgan fingerprint density at radius 1 is 0.914 bits per heavy atom. The van der Waals surface area contributed by atoms with Gasteiger partial charge in [0.2, 0.25) is 0 Å². The quantitative estimate of drug-likeness (QED) is 0.593. The lowest BCUT2D eigenvalue weighted by atomic mass is 10.1. The first-order chi connectivity index (χ1) is 16.1. The maximum absolute atomic E-state index is 13.8. The molecular weight excluding hydrogens is 495 g/mol. The average Bonchev–Trinajstić information content (AvgIpc) is 3.32. The molecule has 0 spiro atoms. The minimum atomic E-state index is -5.08. The van der Waals surface area contributed by atoms with Crippen molar-refractivity contribution in [2.45, 2.75) is 50.1 Å². The summed E-state index contributed by atoms with van der Waals surface area (Å²) >= 11 is 0. The molecular formula is C20H22F7N3O5. The molecule has 196 valence electrons. The van der Waals surface area contributed by atoms with Crippen LogP contribution in [0.25, 0.3) is 0 Å². The van der Waals surface area contributed by atoms with Crippen LogP contribution >= 0.6 is 0 Å². The fourth-order valence-electron chi connectivity index (χ4n) is 3.89. The van der Waals surface area contributed by atoms with Crippen LogP contribution in [0.4, 0.5) is 30.7 Å². The molecule has 3 heterocycles. The van der Waals surface area contributed by atoms with Crippen LogP contribution in [0.1, 0.15) is 36.0 Å². The van der Waals surface area contributed by atoms with E-state index in [4.69, 9.17) is 19.8 Å². The van der Waals surface area contributed by atoms with Gasteiger partial charge in [-0.15, -0.1) is 0 Å². The number of amides is 1. The van der Waals surface area contributed by atoms with Crippen LogP contribution in [0.3, 0.4) is 0 Å². The third-order valence-corrected chi connectivity index (χ3v) is 5.63. The summed E-state index contributed by atoms with van der Waals surface area (Å²) in [6, 6.07) is 2.24. The van der Waals surface area contributed by atoms with E-state index in [-0.39, 0.29) is 17.5 Å². The highest BCUT2D eigenvalue weighted by atomic mass is 19.4. The van der Waals surface area contributed by atoms with Gasteiger partial charge in [-0.1, -0.05) is 0 Å². The van der Waals surface area contributed by atoms with E-state index in [1.54, 1.807) is 0 Å². The van der Waals surface area contributed by atoms with E-state index < -0.39 is 30.1 Å². The second kappa shape index (κ2) is 11.2. The van der Waals surface area contributed by atoms with Gasteiger partial charge in [0, 0.05) is 37.9 Å². The number of carboxylic acids is 2. The number of hydrogen-bond donors (Lipinski definition) is 2. The zero-order valence-electron chi connectivity index (χ0n) is 18.0. The fraction of sp³-hybridized carbons (Fsp3) is 0.600. The maximum Gasteiger partial charge on any atom is 0.490 e. The minimum Gasteiger partial charge on any atom is -0.475 e. The lowest BCUT2D eigenvalue weighted by Crippen LogP contribution is -2.40. The number of aromatic nitrogens is 1. The largest absolute Gasteiger partial charge is 0.490 e. The van der Waals surface area contributed by atoms with E-state index in [2.05, 4.69) is 9.88 Å². The number of fused-ring (bicyclic) bond motifs is 1. The van der Waals surface area contributed by atoms with E-state index in [9.17, 15) is 35.5 Å². The van der Waals surface area contributed by atoms with Gasteiger partial charge in [-0.25, -0.2) is 14.0 Å². The Balaban J connectivity index is 0.000000257. The molecule has 1 aliphatic carbocycles. The van der Waals surface area contributed by atoms with E-state index in [1.807, 2.05) is 4.90 Å². The van der Waals surface area contributed by atoms with Crippen molar-refractivity contribution in [3.63, 3.8) is 0 Å². The SMILES string of the molecule is O=C(O)C(F)(F)F.O=C(O)C(F)(F)F.O=C(c1ccncc1F)N1CC[C@H]2[C@H]1CCN2CC1CC1. The van der Waals surface area contributed by atoms with Crippen LogP contribution in [0, 0.1) is 11.7 Å². The molecule has 1 saturated carbocycles. The molecule has 1 aromatic heterocycles. The number of carboxylic acid groups (broad SMARTS) is 2. The number of likely N-dealkylation sites (tertiary alicyclic amines) is 2. The molecule has 15 heteroatoms. The number of alkyl halides is 6. The second-order valence-electron chi connectivity index (χ2n) is 8.11. The lowest BCUT2D eigenvalue weighted by molar-refractivity contribution is -0.193. The average molecular weight is 517 g/mol. The second-order valence-corrected chi connectivity index (χ2v) is 8.11. The first-order valence-corrected chi connectivity index (χ1v) is 10.4. The smallest absolute Gasteiger partial charge is 0.475 e. The Kier molecular flexibility index (Phi) is 9.03. The van der Waals surface area contributed by atoms with Gasteiger partial charge in [-0.2, -0.15) is 26.3 Å². The van der Waals surface area contributed by atoms with Crippen molar-refractivity contribution in [3.05, 3.63) is 29.8 Å². The molecule has 2 aliphatic heterocycles. The molecule has 0 aromatic carbocycles. The fourth-order valence-corrected chi connectivity index (χ4v) is 3.89. The van der Waals surface area contributed by atoms with Gasteiger partial charge in [-0.3, -0.25) is 14.7 Å². The zero-order chi connectivity index (χ0) is 26.6. The molecule has 2 atom stereocenters. The van der Waals surface area contributed by atoms with Gasteiger partial charge in [0.1, 0.15) is 0 Å². The third-order valence-electron chi connectivity index (χ3n) is 5.63. The predicted molar refractivity (Wildman–Crippen MR) is 104 cm³/mol. The highest BCUT2D eigenvalue weighted by Crippen LogP contribution is 2.37. The summed E-state index contributed by atoms with van der Waals surface area (Å²) in [6.07, 6.45) is -2.80. The molecule has 0 bridgehead atoms. The highest BCUT2D eigenvalue weighted by molar-refractivity contribution is 5.94.